The van der Waals surface area contributed by atoms with Crippen LogP contribution in [0, 0.1) is 12.8 Å². The van der Waals surface area contributed by atoms with E-state index in [-0.39, 0.29) is 0 Å². The second-order valence-corrected chi connectivity index (χ2v) is 6.11. The number of nitrogens with zero attached hydrogens (tertiary/aromatic N) is 4. The van der Waals surface area contributed by atoms with E-state index >= 15 is 0 Å². The first-order valence-electron chi connectivity index (χ1n) is 7.56. The van der Waals surface area contributed by atoms with Crippen molar-refractivity contribution in [3.63, 3.8) is 0 Å². The van der Waals surface area contributed by atoms with Crippen LogP contribution in [0.15, 0.2) is 0 Å². The van der Waals surface area contributed by atoms with Crippen molar-refractivity contribution in [2.75, 3.05) is 5.88 Å². The Balaban J connectivity index is 2.38. The minimum atomic E-state index is 0.613. The number of aromatic nitrogens is 4. The highest BCUT2D eigenvalue weighted by atomic mass is 35.5. The molecule has 4 nitrogen and oxygen atoms in total. The van der Waals surface area contributed by atoms with E-state index in [9.17, 15) is 0 Å². The fraction of sp³-hybridized carbons (Fsp3) is 0.733. The second-order valence-electron chi connectivity index (χ2n) is 5.73. The number of imidazole rings is 1. The summed E-state index contributed by atoms with van der Waals surface area (Å²) in [6.07, 6.45) is 3.23. The highest BCUT2D eigenvalue weighted by Crippen LogP contribution is 2.21. The van der Waals surface area contributed by atoms with E-state index in [0.29, 0.717) is 5.88 Å². The van der Waals surface area contributed by atoms with Gasteiger partial charge in [-0.15, -0.1) is 11.6 Å². The molecule has 0 unspecified atom stereocenters. The van der Waals surface area contributed by atoms with Gasteiger partial charge in [-0.3, -0.25) is 0 Å². The lowest BCUT2D eigenvalue weighted by molar-refractivity contribution is 0.503. The zero-order valence-corrected chi connectivity index (χ0v) is 13.7. The van der Waals surface area contributed by atoms with Crippen LogP contribution in [0.2, 0.25) is 0 Å². The van der Waals surface area contributed by atoms with Gasteiger partial charge in [0.2, 0.25) is 0 Å². The lowest BCUT2D eigenvalue weighted by atomic mass is 10.1. The standard InChI is InChI=1S/C15H25ClN4/c1-5-20-15-14(12(4)18-20)17-13(8-9-16)19(15)10-6-7-11(2)3/h11H,5-10H2,1-4H3. The van der Waals surface area contributed by atoms with Crippen LogP contribution in [-0.4, -0.2) is 25.2 Å². The van der Waals surface area contributed by atoms with Gasteiger partial charge in [-0.05, 0) is 32.6 Å². The fourth-order valence-electron chi connectivity index (χ4n) is 2.66. The molecule has 0 amide bonds. The van der Waals surface area contributed by atoms with E-state index in [0.717, 1.165) is 48.1 Å². The molecule has 2 aromatic rings. The van der Waals surface area contributed by atoms with E-state index < -0.39 is 0 Å². The Labute approximate surface area is 126 Å². The fourth-order valence-corrected chi connectivity index (χ4v) is 2.83. The first-order valence-corrected chi connectivity index (χ1v) is 8.10. The third kappa shape index (κ3) is 3.00. The van der Waals surface area contributed by atoms with Gasteiger partial charge >= 0.3 is 0 Å². The summed E-state index contributed by atoms with van der Waals surface area (Å²) in [6.45, 7) is 10.6. The normalized spacial score (nSPS) is 11.9. The Morgan fingerprint density at radius 1 is 1.30 bits per heavy atom. The van der Waals surface area contributed by atoms with Crippen LogP contribution in [-0.2, 0) is 19.5 Å². The molecule has 0 aliphatic carbocycles. The van der Waals surface area contributed by atoms with Crippen molar-refractivity contribution in [1.82, 2.24) is 19.3 Å². The van der Waals surface area contributed by atoms with E-state index in [1.54, 1.807) is 0 Å². The Bertz CT molecular complexity index is 568. The minimum Gasteiger partial charge on any atom is -0.313 e. The molecule has 0 atom stereocenters. The molecule has 20 heavy (non-hydrogen) atoms. The lowest BCUT2D eigenvalue weighted by Gasteiger charge is -2.11. The molecule has 2 aromatic heterocycles. The van der Waals surface area contributed by atoms with Crippen LogP contribution in [0.1, 0.15) is 45.1 Å². The van der Waals surface area contributed by atoms with Gasteiger partial charge in [-0.1, -0.05) is 13.8 Å². The van der Waals surface area contributed by atoms with Crippen LogP contribution < -0.4 is 0 Å². The third-order valence-corrected chi connectivity index (χ3v) is 3.85. The highest BCUT2D eigenvalue weighted by molar-refractivity contribution is 6.17. The number of fused-ring (bicyclic) bond motifs is 1. The average molecular weight is 297 g/mol. The number of hydrogen-bond acceptors (Lipinski definition) is 2. The van der Waals surface area contributed by atoms with Crippen molar-refractivity contribution in [2.45, 2.75) is 60.0 Å². The predicted octanol–water partition coefficient (Wildman–Crippen LogP) is 3.78. The summed E-state index contributed by atoms with van der Waals surface area (Å²) in [5.41, 5.74) is 3.21. The third-order valence-electron chi connectivity index (χ3n) is 3.66. The molecule has 0 bridgehead atoms. The zero-order chi connectivity index (χ0) is 14.7. The zero-order valence-electron chi connectivity index (χ0n) is 13.0. The summed E-state index contributed by atoms with van der Waals surface area (Å²) in [4.78, 5) is 4.76. The maximum absolute atomic E-state index is 5.92. The first kappa shape index (κ1) is 15.4. The molecular weight excluding hydrogens is 272 g/mol. The highest BCUT2D eigenvalue weighted by Gasteiger charge is 2.17. The lowest BCUT2D eigenvalue weighted by Crippen LogP contribution is -2.10. The van der Waals surface area contributed by atoms with Gasteiger partial charge in [0.05, 0.1) is 5.69 Å². The average Bonchev–Trinajstić information content (AvgIpc) is 2.89. The summed E-state index contributed by atoms with van der Waals surface area (Å²) >= 11 is 5.92. The van der Waals surface area contributed by atoms with E-state index in [2.05, 4.69) is 35.1 Å². The van der Waals surface area contributed by atoms with Gasteiger partial charge in [-0.25, -0.2) is 9.67 Å². The molecule has 112 valence electrons. The summed E-state index contributed by atoms with van der Waals surface area (Å²) in [5, 5.41) is 4.57. The monoisotopic (exact) mass is 296 g/mol. The molecular formula is C15H25ClN4. The van der Waals surface area contributed by atoms with E-state index in [1.165, 1.54) is 12.8 Å². The number of aryl methyl sites for hydroxylation is 4. The molecule has 0 radical (unpaired) electrons. The summed E-state index contributed by atoms with van der Waals surface area (Å²) in [7, 11) is 0. The maximum atomic E-state index is 5.92. The maximum Gasteiger partial charge on any atom is 0.158 e. The summed E-state index contributed by atoms with van der Waals surface area (Å²) in [6, 6.07) is 0. The quantitative estimate of drug-likeness (QED) is 0.729. The predicted molar refractivity (Wildman–Crippen MR) is 84.4 cm³/mol. The Hall–Kier alpha value is -1.03. The van der Waals surface area contributed by atoms with Crippen LogP contribution in [0.3, 0.4) is 0 Å². The van der Waals surface area contributed by atoms with Crippen molar-refractivity contribution in [3.8, 4) is 0 Å². The molecule has 5 heteroatoms. The van der Waals surface area contributed by atoms with Crippen molar-refractivity contribution in [2.24, 2.45) is 5.92 Å². The molecule has 0 aliphatic rings. The van der Waals surface area contributed by atoms with E-state index in [1.807, 2.05) is 6.92 Å². The Kier molecular flexibility index (Phi) is 5.08. The molecule has 0 aliphatic heterocycles. The van der Waals surface area contributed by atoms with Gasteiger partial charge in [0, 0.05) is 25.4 Å². The van der Waals surface area contributed by atoms with E-state index in [4.69, 9.17) is 16.6 Å². The smallest absolute Gasteiger partial charge is 0.158 e. The van der Waals surface area contributed by atoms with Crippen molar-refractivity contribution < 1.29 is 0 Å². The van der Waals surface area contributed by atoms with Gasteiger partial charge in [0.1, 0.15) is 11.3 Å². The summed E-state index contributed by atoms with van der Waals surface area (Å²) in [5.74, 6) is 2.45. The largest absolute Gasteiger partial charge is 0.313 e. The summed E-state index contributed by atoms with van der Waals surface area (Å²) < 4.78 is 4.38. The minimum absolute atomic E-state index is 0.613. The van der Waals surface area contributed by atoms with Crippen LogP contribution in [0.5, 0.6) is 0 Å². The molecule has 0 spiro atoms. The molecule has 0 aromatic carbocycles. The molecule has 0 saturated carbocycles. The second kappa shape index (κ2) is 6.61. The van der Waals surface area contributed by atoms with Crippen LogP contribution in [0.4, 0.5) is 0 Å². The number of halogens is 1. The van der Waals surface area contributed by atoms with Crippen LogP contribution in [0.25, 0.3) is 11.2 Å². The SMILES string of the molecule is CCn1nc(C)c2nc(CCCl)n(CCCC(C)C)c21. The topological polar surface area (TPSA) is 35.6 Å². The molecule has 0 saturated heterocycles. The van der Waals surface area contributed by atoms with Crippen molar-refractivity contribution >= 4 is 22.8 Å². The van der Waals surface area contributed by atoms with Crippen molar-refractivity contribution in [3.05, 3.63) is 11.5 Å². The van der Waals surface area contributed by atoms with Crippen LogP contribution >= 0.6 is 11.6 Å². The molecule has 0 N–H and O–H groups in total. The Morgan fingerprint density at radius 3 is 2.65 bits per heavy atom. The van der Waals surface area contributed by atoms with Gasteiger partial charge in [-0.2, -0.15) is 5.10 Å². The Morgan fingerprint density at radius 2 is 2.05 bits per heavy atom. The number of rotatable bonds is 7. The number of alkyl halides is 1. The number of hydrogen-bond donors (Lipinski definition) is 0. The first-order chi connectivity index (χ1) is 9.58. The van der Waals surface area contributed by atoms with Gasteiger partial charge < -0.3 is 4.57 Å². The van der Waals surface area contributed by atoms with Gasteiger partial charge in [0.15, 0.2) is 5.65 Å². The molecule has 2 rings (SSSR count). The molecule has 0 fully saturated rings. The van der Waals surface area contributed by atoms with Gasteiger partial charge in [0.25, 0.3) is 0 Å². The molecule has 2 heterocycles. The van der Waals surface area contributed by atoms with Crippen molar-refractivity contribution in [1.29, 1.82) is 0 Å².